The summed E-state index contributed by atoms with van der Waals surface area (Å²) >= 11 is 0. The molecule has 0 saturated heterocycles. The summed E-state index contributed by atoms with van der Waals surface area (Å²) in [5, 5.41) is 0. The van der Waals surface area contributed by atoms with Crippen LogP contribution in [0.1, 0.15) is 31.8 Å². The summed E-state index contributed by atoms with van der Waals surface area (Å²) in [6, 6.07) is 23.4. The fraction of sp³-hybridized carbons (Fsp3) is 0.0909. The Bertz CT molecular complexity index is 884. The Kier molecular flexibility index (Phi) is 5.05. The standard InChI is InChI=1S/C22H18O3/c1-25-20-14-8-13-18(15-19(23)16-9-4-2-5-10-16)21(20)22(24)17-11-6-3-7-12-17/h2-14H,15H2,1H3. The van der Waals surface area contributed by atoms with Crippen LogP contribution in [0.15, 0.2) is 78.9 Å². The number of benzene rings is 3. The molecule has 0 fully saturated rings. The van der Waals surface area contributed by atoms with Crippen molar-refractivity contribution in [3.63, 3.8) is 0 Å². The molecule has 0 aliphatic heterocycles. The van der Waals surface area contributed by atoms with Crippen molar-refractivity contribution in [2.24, 2.45) is 0 Å². The van der Waals surface area contributed by atoms with E-state index in [4.69, 9.17) is 4.74 Å². The number of Topliss-reactive ketones (excluding diaryl/α,β-unsaturated/α-hetero) is 1. The van der Waals surface area contributed by atoms with E-state index in [1.807, 2.05) is 36.4 Å². The molecule has 0 atom stereocenters. The van der Waals surface area contributed by atoms with Crippen molar-refractivity contribution in [1.29, 1.82) is 0 Å². The molecule has 0 aliphatic carbocycles. The van der Waals surface area contributed by atoms with E-state index in [0.29, 0.717) is 28.0 Å². The monoisotopic (exact) mass is 330 g/mol. The van der Waals surface area contributed by atoms with Crippen LogP contribution in [0.3, 0.4) is 0 Å². The zero-order valence-electron chi connectivity index (χ0n) is 13.9. The Morgan fingerprint density at radius 1 is 0.760 bits per heavy atom. The molecule has 0 N–H and O–H groups in total. The van der Waals surface area contributed by atoms with E-state index in [-0.39, 0.29) is 18.0 Å². The van der Waals surface area contributed by atoms with Crippen molar-refractivity contribution in [2.45, 2.75) is 6.42 Å². The molecule has 0 aliphatic rings. The van der Waals surface area contributed by atoms with Gasteiger partial charge in [0.15, 0.2) is 11.6 Å². The maximum absolute atomic E-state index is 13.0. The van der Waals surface area contributed by atoms with Gasteiger partial charge in [0.1, 0.15) is 5.75 Å². The lowest BCUT2D eigenvalue weighted by Crippen LogP contribution is -2.12. The number of ether oxygens (including phenoxy) is 1. The van der Waals surface area contributed by atoms with E-state index in [1.54, 1.807) is 42.5 Å². The Labute approximate surface area is 146 Å². The Hall–Kier alpha value is -3.20. The van der Waals surface area contributed by atoms with Crippen LogP contribution in [-0.2, 0) is 6.42 Å². The van der Waals surface area contributed by atoms with E-state index in [1.165, 1.54) is 7.11 Å². The number of carbonyl (C=O) groups is 2. The molecule has 0 saturated carbocycles. The minimum atomic E-state index is -0.145. The summed E-state index contributed by atoms with van der Waals surface area (Å²) in [6.07, 6.45) is 0.148. The molecule has 0 bridgehead atoms. The average molecular weight is 330 g/mol. The molecule has 3 heteroatoms. The van der Waals surface area contributed by atoms with Gasteiger partial charge in [-0.3, -0.25) is 9.59 Å². The SMILES string of the molecule is COc1cccc(CC(=O)c2ccccc2)c1C(=O)c1ccccc1. The molecule has 0 spiro atoms. The van der Waals surface area contributed by atoms with Crippen LogP contribution in [0, 0.1) is 0 Å². The highest BCUT2D eigenvalue weighted by Crippen LogP contribution is 2.26. The molecule has 25 heavy (non-hydrogen) atoms. The summed E-state index contributed by atoms with van der Waals surface area (Å²) in [4.78, 5) is 25.5. The zero-order valence-corrected chi connectivity index (χ0v) is 13.9. The summed E-state index contributed by atoms with van der Waals surface area (Å²) in [5.41, 5.74) is 2.31. The summed E-state index contributed by atoms with van der Waals surface area (Å²) in [5.74, 6) is 0.303. The molecule has 0 unspecified atom stereocenters. The molecule has 0 amide bonds. The minimum Gasteiger partial charge on any atom is -0.496 e. The molecule has 0 radical (unpaired) electrons. The molecule has 0 heterocycles. The first kappa shape index (κ1) is 16.7. The summed E-state index contributed by atoms with van der Waals surface area (Å²) < 4.78 is 5.38. The van der Waals surface area contributed by atoms with E-state index >= 15 is 0 Å². The third-order valence-electron chi connectivity index (χ3n) is 4.04. The summed E-state index contributed by atoms with van der Waals surface area (Å²) in [6.45, 7) is 0. The van der Waals surface area contributed by atoms with Gasteiger partial charge in [0.05, 0.1) is 12.7 Å². The lowest BCUT2D eigenvalue weighted by atomic mass is 9.93. The van der Waals surface area contributed by atoms with Gasteiger partial charge in [-0.1, -0.05) is 72.8 Å². The highest BCUT2D eigenvalue weighted by Gasteiger charge is 2.20. The molecule has 3 aromatic rings. The fourth-order valence-corrected chi connectivity index (χ4v) is 2.78. The van der Waals surface area contributed by atoms with Crippen LogP contribution < -0.4 is 4.74 Å². The van der Waals surface area contributed by atoms with Crippen molar-refractivity contribution in [3.8, 4) is 5.75 Å². The first-order chi connectivity index (χ1) is 12.2. The molecule has 0 aromatic heterocycles. The van der Waals surface area contributed by atoms with Crippen LogP contribution in [-0.4, -0.2) is 18.7 Å². The van der Waals surface area contributed by atoms with Crippen LogP contribution in [0.4, 0.5) is 0 Å². The number of methoxy groups -OCH3 is 1. The van der Waals surface area contributed by atoms with Gasteiger partial charge in [-0.05, 0) is 11.6 Å². The number of carbonyl (C=O) groups excluding carboxylic acids is 2. The number of hydrogen-bond acceptors (Lipinski definition) is 3. The molecular weight excluding hydrogens is 312 g/mol. The first-order valence-corrected chi connectivity index (χ1v) is 8.04. The van der Waals surface area contributed by atoms with Crippen molar-refractivity contribution in [1.82, 2.24) is 0 Å². The van der Waals surface area contributed by atoms with Crippen molar-refractivity contribution in [2.75, 3.05) is 7.11 Å². The third kappa shape index (κ3) is 3.66. The van der Waals surface area contributed by atoms with Gasteiger partial charge in [0.25, 0.3) is 0 Å². The lowest BCUT2D eigenvalue weighted by molar-refractivity contribution is 0.0992. The third-order valence-corrected chi connectivity index (χ3v) is 4.04. The average Bonchev–Trinajstić information content (AvgIpc) is 2.68. The second kappa shape index (κ2) is 7.58. The number of rotatable bonds is 6. The topological polar surface area (TPSA) is 43.4 Å². The van der Waals surface area contributed by atoms with Gasteiger partial charge in [0.2, 0.25) is 0 Å². The maximum Gasteiger partial charge on any atom is 0.197 e. The fourth-order valence-electron chi connectivity index (χ4n) is 2.78. The maximum atomic E-state index is 13.0. The van der Waals surface area contributed by atoms with Gasteiger partial charge in [-0.2, -0.15) is 0 Å². The van der Waals surface area contributed by atoms with E-state index in [0.717, 1.165) is 0 Å². The minimum absolute atomic E-state index is 0.0315. The van der Waals surface area contributed by atoms with Crippen LogP contribution in [0.25, 0.3) is 0 Å². The van der Waals surface area contributed by atoms with E-state index in [2.05, 4.69) is 0 Å². The van der Waals surface area contributed by atoms with E-state index in [9.17, 15) is 9.59 Å². The predicted molar refractivity (Wildman–Crippen MR) is 97.3 cm³/mol. The second-order valence-corrected chi connectivity index (χ2v) is 5.66. The highest BCUT2D eigenvalue weighted by molar-refractivity contribution is 6.12. The smallest absolute Gasteiger partial charge is 0.197 e. The molecule has 124 valence electrons. The van der Waals surface area contributed by atoms with Gasteiger partial charge in [-0.15, -0.1) is 0 Å². The summed E-state index contributed by atoms with van der Waals surface area (Å²) in [7, 11) is 1.53. The number of hydrogen-bond donors (Lipinski definition) is 0. The van der Waals surface area contributed by atoms with Crippen LogP contribution in [0.2, 0.25) is 0 Å². The lowest BCUT2D eigenvalue weighted by Gasteiger charge is -2.13. The van der Waals surface area contributed by atoms with Gasteiger partial charge in [0, 0.05) is 17.5 Å². The highest BCUT2D eigenvalue weighted by atomic mass is 16.5. The van der Waals surface area contributed by atoms with Crippen LogP contribution in [0.5, 0.6) is 5.75 Å². The molecule has 3 aromatic carbocycles. The first-order valence-electron chi connectivity index (χ1n) is 8.04. The van der Waals surface area contributed by atoms with E-state index < -0.39 is 0 Å². The number of ketones is 2. The van der Waals surface area contributed by atoms with Crippen molar-refractivity contribution in [3.05, 3.63) is 101 Å². The second-order valence-electron chi connectivity index (χ2n) is 5.66. The predicted octanol–water partition coefficient (Wildman–Crippen LogP) is 4.35. The Morgan fingerprint density at radius 3 is 1.96 bits per heavy atom. The van der Waals surface area contributed by atoms with Crippen molar-refractivity contribution >= 4 is 11.6 Å². The zero-order chi connectivity index (χ0) is 17.6. The Morgan fingerprint density at radius 2 is 1.36 bits per heavy atom. The van der Waals surface area contributed by atoms with Gasteiger partial charge >= 0.3 is 0 Å². The quantitative estimate of drug-likeness (QED) is 0.631. The van der Waals surface area contributed by atoms with Gasteiger partial charge < -0.3 is 4.74 Å². The molecule has 3 nitrogen and oxygen atoms in total. The largest absolute Gasteiger partial charge is 0.496 e. The molecular formula is C22H18O3. The normalized spacial score (nSPS) is 10.3. The van der Waals surface area contributed by atoms with Crippen molar-refractivity contribution < 1.29 is 14.3 Å². The van der Waals surface area contributed by atoms with Crippen LogP contribution >= 0.6 is 0 Å². The van der Waals surface area contributed by atoms with Gasteiger partial charge in [-0.25, -0.2) is 0 Å². The molecule has 3 rings (SSSR count). The Balaban J connectivity index is 2.00.